The molecule has 0 aromatic heterocycles. The van der Waals surface area contributed by atoms with E-state index in [1.807, 2.05) is 4.90 Å². The SMILES string of the molecule is COC1CNC(C(=O)N(CCO)C2CCCCC2)C1. The van der Waals surface area contributed by atoms with Gasteiger partial charge in [0.25, 0.3) is 0 Å². The number of rotatable bonds is 5. The highest BCUT2D eigenvalue weighted by atomic mass is 16.5. The zero-order chi connectivity index (χ0) is 13.7. The molecule has 2 rings (SSSR count). The fourth-order valence-corrected chi connectivity index (χ4v) is 3.24. The molecule has 2 N–H and O–H groups in total. The van der Waals surface area contributed by atoms with Crippen LogP contribution in [0.4, 0.5) is 0 Å². The van der Waals surface area contributed by atoms with Gasteiger partial charge in [-0.05, 0) is 19.3 Å². The number of carbonyl (C=O) groups excluding carboxylic acids is 1. The van der Waals surface area contributed by atoms with Gasteiger partial charge in [-0.1, -0.05) is 19.3 Å². The highest BCUT2D eigenvalue weighted by Gasteiger charge is 2.35. The normalized spacial score (nSPS) is 28.5. The number of nitrogens with one attached hydrogen (secondary N) is 1. The third-order valence-corrected chi connectivity index (χ3v) is 4.36. The van der Waals surface area contributed by atoms with Crippen LogP contribution in [-0.4, -0.2) is 60.9 Å². The molecule has 0 aromatic rings. The monoisotopic (exact) mass is 270 g/mol. The van der Waals surface area contributed by atoms with Gasteiger partial charge in [-0.2, -0.15) is 0 Å². The molecule has 1 heterocycles. The first-order valence-corrected chi connectivity index (χ1v) is 7.43. The zero-order valence-corrected chi connectivity index (χ0v) is 11.8. The Labute approximate surface area is 115 Å². The quantitative estimate of drug-likeness (QED) is 0.764. The maximum absolute atomic E-state index is 12.6. The van der Waals surface area contributed by atoms with Crippen molar-refractivity contribution in [3.8, 4) is 0 Å². The molecule has 1 saturated heterocycles. The highest BCUT2D eigenvalue weighted by molar-refractivity contribution is 5.82. The standard InChI is InChI=1S/C14H26N2O3/c1-19-12-9-13(15-10-12)14(18)16(7-8-17)11-5-3-2-4-6-11/h11-13,15,17H,2-10H2,1H3. The molecule has 2 fully saturated rings. The molecule has 2 aliphatic rings. The second-order valence-corrected chi connectivity index (χ2v) is 5.60. The summed E-state index contributed by atoms with van der Waals surface area (Å²) in [5, 5.41) is 12.5. The summed E-state index contributed by atoms with van der Waals surface area (Å²) < 4.78 is 5.29. The number of amides is 1. The number of aliphatic hydroxyl groups excluding tert-OH is 1. The Balaban J connectivity index is 1.95. The topological polar surface area (TPSA) is 61.8 Å². The summed E-state index contributed by atoms with van der Waals surface area (Å²) in [6.07, 6.45) is 6.68. The Morgan fingerprint density at radius 1 is 1.37 bits per heavy atom. The van der Waals surface area contributed by atoms with Crippen molar-refractivity contribution in [1.29, 1.82) is 0 Å². The summed E-state index contributed by atoms with van der Waals surface area (Å²) in [7, 11) is 1.69. The van der Waals surface area contributed by atoms with Gasteiger partial charge in [0.2, 0.25) is 5.91 Å². The molecule has 0 spiro atoms. The Morgan fingerprint density at radius 3 is 2.68 bits per heavy atom. The van der Waals surface area contributed by atoms with Crippen LogP contribution in [0.3, 0.4) is 0 Å². The van der Waals surface area contributed by atoms with E-state index in [1.54, 1.807) is 7.11 Å². The van der Waals surface area contributed by atoms with Crippen molar-refractivity contribution in [3.63, 3.8) is 0 Å². The largest absolute Gasteiger partial charge is 0.395 e. The minimum Gasteiger partial charge on any atom is -0.395 e. The van der Waals surface area contributed by atoms with E-state index in [9.17, 15) is 9.90 Å². The van der Waals surface area contributed by atoms with Crippen molar-refractivity contribution < 1.29 is 14.6 Å². The van der Waals surface area contributed by atoms with Crippen LogP contribution in [-0.2, 0) is 9.53 Å². The Bertz CT molecular complexity index is 292. The lowest BCUT2D eigenvalue weighted by Crippen LogP contribution is -2.50. The van der Waals surface area contributed by atoms with Crippen molar-refractivity contribution in [1.82, 2.24) is 10.2 Å². The van der Waals surface area contributed by atoms with Crippen LogP contribution in [0, 0.1) is 0 Å². The van der Waals surface area contributed by atoms with Crippen LogP contribution in [0.15, 0.2) is 0 Å². The molecule has 2 unspecified atom stereocenters. The first-order valence-electron chi connectivity index (χ1n) is 7.43. The maximum atomic E-state index is 12.6. The molecule has 5 nitrogen and oxygen atoms in total. The molecular formula is C14H26N2O3. The Hall–Kier alpha value is -0.650. The first kappa shape index (κ1) is 14.8. The molecule has 0 aromatic carbocycles. The predicted octanol–water partition coefficient (Wildman–Crippen LogP) is 0.517. The number of hydrogen-bond acceptors (Lipinski definition) is 4. The van der Waals surface area contributed by atoms with E-state index < -0.39 is 0 Å². The van der Waals surface area contributed by atoms with Gasteiger partial charge in [0, 0.05) is 26.2 Å². The number of nitrogens with zero attached hydrogens (tertiary/aromatic N) is 1. The van der Waals surface area contributed by atoms with E-state index in [2.05, 4.69) is 5.32 Å². The van der Waals surface area contributed by atoms with Gasteiger partial charge in [0.1, 0.15) is 0 Å². The molecule has 5 heteroatoms. The smallest absolute Gasteiger partial charge is 0.240 e. The van der Waals surface area contributed by atoms with Crippen molar-refractivity contribution in [3.05, 3.63) is 0 Å². The zero-order valence-electron chi connectivity index (χ0n) is 11.8. The summed E-state index contributed by atoms with van der Waals surface area (Å²) in [4.78, 5) is 14.5. The molecule has 0 bridgehead atoms. The van der Waals surface area contributed by atoms with Gasteiger partial charge in [-0.3, -0.25) is 4.79 Å². The summed E-state index contributed by atoms with van der Waals surface area (Å²) in [6.45, 7) is 1.24. The molecule has 2 atom stereocenters. The molecule has 0 radical (unpaired) electrons. The fourth-order valence-electron chi connectivity index (χ4n) is 3.24. The van der Waals surface area contributed by atoms with Crippen molar-refractivity contribution in [2.75, 3.05) is 26.8 Å². The summed E-state index contributed by atoms with van der Waals surface area (Å²) >= 11 is 0. The molecule has 110 valence electrons. The first-order chi connectivity index (χ1) is 9.26. The number of hydrogen-bond donors (Lipinski definition) is 2. The molecule has 1 saturated carbocycles. The highest BCUT2D eigenvalue weighted by Crippen LogP contribution is 2.24. The van der Waals surface area contributed by atoms with E-state index >= 15 is 0 Å². The van der Waals surface area contributed by atoms with Crippen molar-refractivity contribution >= 4 is 5.91 Å². The van der Waals surface area contributed by atoms with Gasteiger partial charge >= 0.3 is 0 Å². The predicted molar refractivity (Wildman–Crippen MR) is 72.9 cm³/mol. The van der Waals surface area contributed by atoms with Crippen LogP contribution in [0.1, 0.15) is 38.5 Å². The second kappa shape index (κ2) is 7.22. The minimum absolute atomic E-state index is 0.0443. The van der Waals surface area contributed by atoms with Crippen LogP contribution in [0.25, 0.3) is 0 Å². The average Bonchev–Trinajstić information content (AvgIpc) is 2.94. The van der Waals surface area contributed by atoms with Crippen molar-refractivity contribution in [2.45, 2.75) is 56.7 Å². The molecule has 19 heavy (non-hydrogen) atoms. The lowest BCUT2D eigenvalue weighted by molar-refractivity contribution is -0.137. The van der Waals surface area contributed by atoms with E-state index in [0.717, 1.165) is 25.8 Å². The lowest BCUT2D eigenvalue weighted by atomic mass is 9.93. The average molecular weight is 270 g/mol. The van der Waals surface area contributed by atoms with Gasteiger partial charge in [-0.25, -0.2) is 0 Å². The van der Waals surface area contributed by atoms with Crippen LogP contribution < -0.4 is 5.32 Å². The summed E-state index contributed by atoms with van der Waals surface area (Å²) in [6, 6.07) is 0.176. The third-order valence-electron chi connectivity index (χ3n) is 4.36. The Kier molecular flexibility index (Phi) is 5.60. The number of aliphatic hydroxyl groups is 1. The maximum Gasteiger partial charge on any atom is 0.240 e. The van der Waals surface area contributed by atoms with Crippen LogP contribution in [0.5, 0.6) is 0 Å². The number of ether oxygens (including phenoxy) is 1. The Morgan fingerprint density at radius 2 is 2.11 bits per heavy atom. The number of carbonyl (C=O) groups is 1. The second-order valence-electron chi connectivity index (χ2n) is 5.60. The summed E-state index contributed by atoms with van der Waals surface area (Å²) in [5.74, 6) is 0.139. The molecule has 1 amide bonds. The van der Waals surface area contributed by atoms with Crippen LogP contribution in [0.2, 0.25) is 0 Å². The van der Waals surface area contributed by atoms with Crippen LogP contribution >= 0.6 is 0 Å². The van der Waals surface area contributed by atoms with E-state index in [0.29, 0.717) is 12.6 Å². The van der Waals surface area contributed by atoms with E-state index in [-0.39, 0.29) is 24.7 Å². The lowest BCUT2D eigenvalue weighted by Gasteiger charge is -2.35. The summed E-state index contributed by atoms with van der Waals surface area (Å²) in [5.41, 5.74) is 0. The fraction of sp³-hybridized carbons (Fsp3) is 0.929. The van der Waals surface area contributed by atoms with Gasteiger partial charge in [-0.15, -0.1) is 0 Å². The number of methoxy groups -OCH3 is 1. The minimum atomic E-state index is -0.140. The van der Waals surface area contributed by atoms with Gasteiger partial charge in [0.15, 0.2) is 0 Å². The van der Waals surface area contributed by atoms with E-state index in [4.69, 9.17) is 4.74 Å². The van der Waals surface area contributed by atoms with Gasteiger partial charge < -0.3 is 20.1 Å². The molecule has 1 aliphatic heterocycles. The molecule has 1 aliphatic carbocycles. The van der Waals surface area contributed by atoms with E-state index in [1.165, 1.54) is 19.3 Å². The van der Waals surface area contributed by atoms with Gasteiger partial charge in [0.05, 0.1) is 18.8 Å². The third kappa shape index (κ3) is 3.68. The molecular weight excluding hydrogens is 244 g/mol. The van der Waals surface area contributed by atoms with Crippen molar-refractivity contribution in [2.24, 2.45) is 0 Å².